The molecule has 0 saturated carbocycles. The quantitative estimate of drug-likeness (QED) is 0.771. The number of rotatable bonds is 7. The summed E-state index contributed by atoms with van der Waals surface area (Å²) in [5.74, 6) is 2.39. The fraction of sp³-hybridized carbons (Fsp3) is 0.353. The maximum Gasteiger partial charge on any atom is 0.220 e. The third kappa shape index (κ3) is 3.39. The van der Waals surface area contributed by atoms with Gasteiger partial charge in [-0.05, 0) is 17.2 Å². The first-order chi connectivity index (χ1) is 11.5. The molecule has 1 aromatic rings. The molecule has 7 heteroatoms. The number of hydrogen-bond donors (Lipinski definition) is 1. The van der Waals surface area contributed by atoms with Gasteiger partial charge in [0.05, 0.1) is 4.90 Å². The molecule has 2 heterocycles. The summed E-state index contributed by atoms with van der Waals surface area (Å²) in [5.41, 5.74) is 0.768. The molecule has 2 aliphatic rings. The molecule has 0 bridgehead atoms. The van der Waals surface area contributed by atoms with Crippen molar-refractivity contribution in [3.8, 4) is 12.3 Å². The van der Waals surface area contributed by atoms with E-state index in [4.69, 9.17) is 6.42 Å². The fourth-order valence-corrected chi connectivity index (χ4v) is 4.18. The molecule has 2 aliphatic heterocycles. The Morgan fingerprint density at radius 1 is 1.25 bits per heavy atom. The summed E-state index contributed by atoms with van der Waals surface area (Å²) in [4.78, 5) is 12.3. The van der Waals surface area contributed by atoms with Crippen molar-refractivity contribution < 1.29 is 13.2 Å². The first kappa shape index (κ1) is 16.4. The Hall–Kier alpha value is -2.46. The van der Waals surface area contributed by atoms with Crippen LogP contribution in [-0.4, -0.2) is 26.5 Å². The van der Waals surface area contributed by atoms with Crippen molar-refractivity contribution in [2.24, 2.45) is 10.2 Å². The van der Waals surface area contributed by atoms with E-state index in [1.807, 2.05) is 0 Å². The molecule has 0 radical (unpaired) electrons. The molecule has 0 atom stereocenters. The lowest BCUT2D eigenvalue weighted by atomic mass is 10.0. The van der Waals surface area contributed by atoms with Gasteiger partial charge in [0, 0.05) is 37.6 Å². The Labute approximate surface area is 141 Å². The lowest BCUT2D eigenvalue weighted by molar-refractivity contribution is -0.121. The van der Waals surface area contributed by atoms with E-state index in [1.54, 1.807) is 24.3 Å². The molecule has 1 amide bonds. The van der Waals surface area contributed by atoms with Crippen molar-refractivity contribution in [2.45, 2.75) is 36.2 Å². The lowest BCUT2D eigenvalue weighted by Gasteiger charge is -2.10. The number of nitrogens with one attached hydrogen (secondary N) is 1. The van der Waals surface area contributed by atoms with Crippen LogP contribution in [0.25, 0.3) is 5.57 Å². The van der Waals surface area contributed by atoms with Gasteiger partial charge in [-0.3, -0.25) is 4.79 Å². The topological polar surface area (TPSA) is 88.0 Å². The van der Waals surface area contributed by atoms with Gasteiger partial charge in [0.2, 0.25) is 15.7 Å². The van der Waals surface area contributed by atoms with E-state index >= 15 is 0 Å². The molecule has 0 unspecified atom stereocenters. The number of amides is 1. The average molecular weight is 343 g/mol. The van der Waals surface area contributed by atoms with E-state index in [0.29, 0.717) is 30.4 Å². The summed E-state index contributed by atoms with van der Waals surface area (Å²) >= 11 is 0. The van der Waals surface area contributed by atoms with Crippen molar-refractivity contribution in [2.75, 3.05) is 6.54 Å². The summed E-state index contributed by atoms with van der Waals surface area (Å²) in [5, 5.41) is 12.0. The smallest absolute Gasteiger partial charge is 0.220 e. The standard InChI is InChI=1S/C17H17N3O3S/c1-2-3-9-17(19-20-17)10-8-16(21)18-11-13-12-24(22,23)15-7-5-4-6-14(13)15/h1,4-7,12H,3,8-11H2,(H,18,21). The predicted octanol–water partition coefficient (Wildman–Crippen LogP) is 2.29. The minimum absolute atomic E-state index is 0.157. The zero-order valence-corrected chi connectivity index (χ0v) is 13.8. The second-order valence-corrected chi connectivity index (χ2v) is 7.61. The Morgan fingerprint density at radius 3 is 2.71 bits per heavy atom. The van der Waals surface area contributed by atoms with Crippen molar-refractivity contribution in [1.29, 1.82) is 0 Å². The maximum absolute atomic E-state index is 12.0. The molecule has 0 spiro atoms. The first-order valence-electron chi connectivity index (χ1n) is 7.65. The van der Waals surface area contributed by atoms with E-state index in [1.165, 1.54) is 5.41 Å². The Kier molecular flexibility index (Phi) is 4.24. The van der Waals surface area contributed by atoms with Crippen LogP contribution in [0.3, 0.4) is 0 Å². The van der Waals surface area contributed by atoms with Crippen molar-refractivity contribution in [3.63, 3.8) is 0 Å². The first-order valence-corrected chi connectivity index (χ1v) is 9.20. The monoisotopic (exact) mass is 343 g/mol. The Bertz CT molecular complexity index is 873. The second kappa shape index (κ2) is 6.21. The predicted molar refractivity (Wildman–Crippen MR) is 89.5 cm³/mol. The lowest BCUT2D eigenvalue weighted by Crippen LogP contribution is -2.26. The highest BCUT2D eigenvalue weighted by molar-refractivity contribution is 7.95. The van der Waals surface area contributed by atoms with Gasteiger partial charge >= 0.3 is 0 Å². The Morgan fingerprint density at radius 2 is 2.00 bits per heavy atom. The molecule has 0 saturated heterocycles. The highest BCUT2D eigenvalue weighted by Crippen LogP contribution is 2.37. The summed E-state index contributed by atoms with van der Waals surface area (Å²) in [7, 11) is -3.40. The van der Waals surface area contributed by atoms with Gasteiger partial charge in [-0.1, -0.05) is 18.2 Å². The van der Waals surface area contributed by atoms with Crippen molar-refractivity contribution in [1.82, 2.24) is 5.32 Å². The number of sulfone groups is 1. The van der Waals surface area contributed by atoms with Crippen LogP contribution in [0.2, 0.25) is 0 Å². The van der Waals surface area contributed by atoms with Gasteiger partial charge in [-0.15, -0.1) is 12.3 Å². The number of fused-ring (bicyclic) bond motifs is 1. The summed E-state index contributed by atoms with van der Waals surface area (Å²) in [6.45, 7) is 0.181. The van der Waals surface area contributed by atoms with E-state index in [2.05, 4.69) is 21.5 Å². The van der Waals surface area contributed by atoms with E-state index < -0.39 is 15.5 Å². The molecule has 6 nitrogen and oxygen atoms in total. The van der Waals surface area contributed by atoms with Crippen LogP contribution < -0.4 is 5.32 Å². The molecule has 3 rings (SSSR count). The highest BCUT2D eigenvalue weighted by atomic mass is 32.2. The number of carbonyl (C=O) groups excluding carboxylic acids is 1. The van der Waals surface area contributed by atoms with E-state index in [9.17, 15) is 13.2 Å². The van der Waals surface area contributed by atoms with Gasteiger partial charge in [-0.25, -0.2) is 8.42 Å². The molecule has 124 valence electrons. The van der Waals surface area contributed by atoms with Crippen LogP contribution in [0.1, 0.15) is 31.2 Å². The second-order valence-electron chi connectivity index (χ2n) is 5.85. The summed E-state index contributed by atoms with van der Waals surface area (Å²) in [6.07, 6.45) is 7.27. The van der Waals surface area contributed by atoms with Crippen LogP contribution in [0.4, 0.5) is 0 Å². The summed E-state index contributed by atoms with van der Waals surface area (Å²) in [6, 6.07) is 6.78. The third-order valence-electron chi connectivity index (χ3n) is 4.12. The van der Waals surface area contributed by atoms with Gasteiger partial charge < -0.3 is 5.32 Å². The molecular weight excluding hydrogens is 326 g/mol. The largest absolute Gasteiger partial charge is 0.352 e. The van der Waals surface area contributed by atoms with Gasteiger partial charge in [0.15, 0.2) is 5.66 Å². The number of terminal acetylenes is 1. The van der Waals surface area contributed by atoms with Crippen LogP contribution in [0.15, 0.2) is 44.8 Å². The van der Waals surface area contributed by atoms with Crippen molar-refractivity contribution >= 4 is 21.3 Å². The van der Waals surface area contributed by atoms with Crippen LogP contribution in [0.5, 0.6) is 0 Å². The van der Waals surface area contributed by atoms with Crippen LogP contribution in [0, 0.1) is 12.3 Å². The van der Waals surface area contributed by atoms with Crippen molar-refractivity contribution in [3.05, 3.63) is 35.2 Å². The Balaban J connectivity index is 1.54. The normalized spacial score (nSPS) is 18.4. The number of carbonyl (C=O) groups is 1. The number of benzene rings is 1. The average Bonchev–Trinajstić information content (AvgIpc) is 3.30. The van der Waals surface area contributed by atoms with E-state index in [0.717, 1.165) is 0 Å². The number of nitrogens with zero attached hydrogens (tertiary/aromatic N) is 2. The summed E-state index contributed by atoms with van der Waals surface area (Å²) < 4.78 is 24.1. The molecule has 24 heavy (non-hydrogen) atoms. The molecule has 1 N–H and O–H groups in total. The number of hydrogen-bond acceptors (Lipinski definition) is 5. The third-order valence-corrected chi connectivity index (χ3v) is 5.68. The minimum atomic E-state index is -3.40. The van der Waals surface area contributed by atoms with Gasteiger partial charge in [0.1, 0.15) is 0 Å². The zero-order chi connectivity index (χ0) is 17.2. The zero-order valence-electron chi connectivity index (χ0n) is 13.0. The molecule has 0 aromatic heterocycles. The SMILES string of the molecule is C#CCCC1(CCC(=O)NCC2=CS(=O)(=O)c3ccccc32)N=N1. The van der Waals surface area contributed by atoms with Crippen LogP contribution >= 0.6 is 0 Å². The van der Waals surface area contributed by atoms with Crippen LogP contribution in [-0.2, 0) is 14.6 Å². The minimum Gasteiger partial charge on any atom is -0.352 e. The fourth-order valence-electron chi connectivity index (χ4n) is 2.70. The molecule has 0 aliphatic carbocycles. The van der Waals surface area contributed by atoms with Gasteiger partial charge in [0.25, 0.3) is 0 Å². The van der Waals surface area contributed by atoms with Gasteiger partial charge in [-0.2, -0.15) is 10.2 Å². The molecule has 0 fully saturated rings. The highest BCUT2D eigenvalue weighted by Gasteiger charge is 2.39. The van der Waals surface area contributed by atoms with E-state index in [-0.39, 0.29) is 23.8 Å². The molecular formula is C17H17N3O3S. The molecule has 1 aromatic carbocycles. The maximum atomic E-state index is 12.0.